The van der Waals surface area contributed by atoms with E-state index in [9.17, 15) is 4.79 Å². The normalized spacial score (nSPS) is 19.1. The average molecular weight is 274 g/mol. The van der Waals surface area contributed by atoms with Crippen molar-refractivity contribution in [1.82, 2.24) is 0 Å². The molecule has 104 valence electrons. The van der Waals surface area contributed by atoms with Crippen LogP contribution in [0.5, 0.6) is 0 Å². The summed E-state index contributed by atoms with van der Waals surface area (Å²) in [5.41, 5.74) is 4.05. The number of benzene rings is 2. The van der Waals surface area contributed by atoms with Crippen LogP contribution in [0.3, 0.4) is 0 Å². The maximum Gasteiger partial charge on any atom is 0.185 e. The Balaban J connectivity index is 1.88. The van der Waals surface area contributed by atoms with Gasteiger partial charge in [0.1, 0.15) is 0 Å². The van der Waals surface area contributed by atoms with E-state index in [-0.39, 0.29) is 5.78 Å². The van der Waals surface area contributed by atoms with Crippen LogP contribution < -0.4 is 0 Å². The van der Waals surface area contributed by atoms with E-state index >= 15 is 0 Å². The van der Waals surface area contributed by atoms with E-state index in [1.54, 1.807) is 0 Å². The molecule has 0 unspecified atom stereocenters. The predicted octanol–water partition coefficient (Wildman–Crippen LogP) is 4.91. The Morgan fingerprint density at radius 2 is 1.10 bits per heavy atom. The van der Waals surface area contributed by atoms with Gasteiger partial charge in [-0.05, 0) is 42.5 Å². The predicted molar refractivity (Wildman–Crippen MR) is 87.7 cm³/mol. The van der Waals surface area contributed by atoms with E-state index in [0.29, 0.717) is 0 Å². The number of ketones is 1. The van der Waals surface area contributed by atoms with E-state index in [4.69, 9.17) is 0 Å². The molecule has 0 aromatic heterocycles. The average Bonchev–Trinajstić information content (AvgIpc) is 2.53. The molecule has 1 fully saturated rings. The Morgan fingerprint density at radius 1 is 0.667 bits per heavy atom. The highest BCUT2D eigenvalue weighted by Crippen LogP contribution is 2.27. The molecule has 0 aliphatic heterocycles. The van der Waals surface area contributed by atoms with Crippen molar-refractivity contribution in [2.75, 3.05) is 0 Å². The Bertz CT molecular complexity index is 619. The zero-order chi connectivity index (χ0) is 14.5. The van der Waals surface area contributed by atoms with Gasteiger partial charge in [0.05, 0.1) is 0 Å². The van der Waals surface area contributed by atoms with E-state index in [1.807, 2.05) is 72.8 Å². The fourth-order valence-electron chi connectivity index (χ4n) is 2.68. The Kier molecular flexibility index (Phi) is 4.11. The van der Waals surface area contributed by atoms with Crippen LogP contribution >= 0.6 is 0 Å². The van der Waals surface area contributed by atoms with Gasteiger partial charge < -0.3 is 0 Å². The van der Waals surface area contributed by atoms with Crippen molar-refractivity contribution in [2.45, 2.75) is 19.3 Å². The van der Waals surface area contributed by atoms with Crippen LogP contribution in [0.4, 0.5) is 0 Å². The first-order valence-corrected chi connectivity index (χ1v) is 7.39. The fourth-order valence-corrected chi connectivity index (χ4v) is 2.68. The zero-order valence-corrected chi connectivity index (χ0v) is 12.0. The van der Waals surface area contributed by atoms with Gasteiger partial charge in [-0.1, -0.05) is 60.7 Å². The van der Waals surface area contributed by atoms with Gasteiger partial charge in [0, 0.05) is 11.1 Å². The lowest BCUT2D eigenvalue weighted by atomic mass is 9.87. The van der Waals surface area contributed by atoms with Gasteiger partial charge in [-0.2, -0.15) is 0 Å². The summed E-state index contributed by atoms with van der Waals surface area (Å²) in [5.74, 6) is 0.203. The fraction of sp³-hybridized carbons (Fsp3) is 0.150. The number of carbonyl (C=O) groups is 1. The number of carbonyl (C=O) groups excluding carboxylic acids is 1. The molecule has 1 aliphatic carbocycles. The van der Waals surface area contributed by atoms with Crippen molar-refractivity contribution >= 4 is 17.9 Å². The standard InChI is InChI=1S/C20H18O/c21-20-18(14-16-8-3-1-4-9-16)12-7-13-19(20)15-17-10-5-2-6-11-17/h1-6,8-11,14-15H,7,12-13H2/b18-14-,19-15?. The minimum Gasteiger partial charge on any atom is -0.289 e. The van der Waals surface area contributed by atoms with E-state index in [1.165, 1.54) is 0 Å². The Morgan fingerprint density at radius 3 is 1.52 bits per heavy atom. The monoisotopic (exact) mass is 274 g/mol. The third kappa shape index (κ3) is 3.38. The van der Waals surface area contributed by atoms with Crippen molar-refractivity contribution in [3.8, 4) is 0 Å². The highest BCUT2D eigenvalue weighted by Gasteiger charge is 2.20. The largest absolute Gasteiger partial charge is 0.289 e. The van der Waals surface area contributed by atoms with E-state index in [0.717, 1.165) is 41.5 Å². The van der Waals surface area contributed by atoms with Crippen LogP contribution in [0.1, 0.15) is 30.4 Å². The molecule has 1 saturated carbocycles. The first kappa shape index (κ1) is 13.6. The number of allylic oxidation sites excluding steroid dienone is 2. The third-order valence-electron chi connectivity index (χ3n) is 3.76. The summed E-state index contributed by atoms with van der Waals surface area (Å²) in [6, 6.07) is 20.1. The molecule has 0 saturated heterocycles. The quantitative estimate of drug-likeness (QED) is 0.711. The van der Waals surface area contributed by atoms with E-state index < -0.39 is 0 Å². The summed E-state index contributed by atoms with van der Waals surface area (Å²) >= 11 is 0. The molecule has 1 aliphatic rings. The van der Waals surface area contributed by atoms with Gasteiger partial charge in [0.25, 0.3) is 0 Å². The molecular formula is C20H18O. The highest BCUT2D eigenvalue weighted by atomic mass is 16.1. The minimum atomic E-state index is 0.203. The van der Waals surface area contributed by atoms with Crippen molar-refractivity contribution in [1.29, 1.82) is 0 Å². The summed E-state index contributed by atoms with van der Waals surface area (Å²) in [6.07, 6.45) is 6.85. The summed E-state index contributed by atoms with van der Waals surface area (Å²) in [7, 11) is 0. The van der Waals surface area contributed by atoms with Gasteiger partial charge in [0.15, 0.2) is 5.78 Å². The SMILES string of the molecule is O=C1C(=Cc2ccccc2)CCC/C1=C/c1ccccc1. The smallest absolute Gasteiger partial charge is 0.185 e. The Labute approximate surface area is 125 Å². The third-order valence-corrected chi connectivity index (χ3v) is 3.76. The van der Waals surface area contributed by atoms with Gasteiger partial charge >= 0.3 is 0 Å². The van der Waals surface area contributed by atoms with Crippen LogP contribution in [0.15, 0.2) is 71.8 Å². The molecule has 0 bridgehead atoms. The van der Waals surface area contributed by atoms with Gasteiger partial charge in [-0.3, -0.25) is 4.79 Å². The van der Waals surface area contributed by atoms with Crippen LogP contribution in [0.25, 0.3) is 12.2 Å². The van der Waals surface area contributed by atoms with Gasteiger partial charge in [-0.25, -0.2) is 0 Å². The second-order valence-corrected chi connectivity index (χ2v) is 5.34. The number of rotatable bonds is 2. The zero-order valence-electron chi connectivity index (χ0n) is 12.0. The molecular weight excluding hydrogens is 256 g/mol. The summed E-state index contributed by atoms with van der Waals surface area (Å²) in [6.45, 7) is 0. The number of hydrogen-bond acceptors (Lipinski definition) is 1. The molecule has 0 spiro atoms. The van der Waals surface area contributed by atoms with Crippen LogP contribution in [0, 0.1) is 0 Å². The molecule has 0 heterocycles. The lowest BCUT2D eigenvalue weighted by Gasteiger charge is -2.16. The summed E-state index contributed by atoms with van der Waals surface area (Å²) in [4.78, 5) is 12.6. The van der Waals surface area contributed by atoms with Crippen molar-refractivity contribution in [3.05, 3.63) is 82.9 Å². The van der Waals surface area contributed by atoms with Crippen molar-refractivity contribution in [3.63, 3.8) is 0 Å². The van der Waals surface area contributed by atoms with E-state index in [2.05, 4.69) is 0 Å². The molecule has 2 aromatic rings. The maximum absolute atomic E-state index is 12.6. The lowest BCUT2D eigenvalue weighted by molar-refractivity contribution is -0.112. The number of Topliss-reactive ketones (excluding diaryl/α,β-unsaturated/α-hetero) is 1. The van der Waals surface area contributed by atoms with Crippen LogP contribution in [0.2, 0.25) is 0 Å². The summed E-state index contributed by atoms with van der Waals surface area (Å²) in [5, 5.41) is 0. The first-order valence-electron chi connectivity index (χ1n) is 7.39. The molecule has 3 rings (SSSR count). The molecule has 1 heteroatoms. The molecule has 1 nitrogen and oxygen atoms in total. The lowest BCUT2D eigenvalue weighted by Crippen LogP contribution is -2.12. The topological polar surface area (TPSA) is 17.1 Å². The second-order valence-electron chi connectivity index (χ2n) is 5.34. The molecule has 0 atom stereocenters. The summed E-state index contributed by atoms with van der Waals surface area (Å²) < 4.78 is 0. The van der Waals surface area contributed by atoms with Crippen LogP contribution in [-0.2, 0) is 4.79 Å². The highest BCUT2D eigenvalue weighted by molar-refractivity contribution is 6.13. The minimum absolute atomic E-state index is 0.203. The molecule has 0 amide bonds. The van der Waals surface area contributed by atoms with Crippen molar-refractivity contribution in [2.24, 2.45) is 0 Å². The molecule has 2 aromatic carbocycles. The van der Waals surface area contributed by atoms with Gasteiger partial charge in [0.2, 0.25) is 0 Å². The van der Waals surface area contributed by atoms with Gasteiger partial charge in [-0.15, -0.1) is 0 Å². The van der Waals surface area contributed by atoms with Crippen molar-refractivity contribution < 1.29 is 4.79 Å². The molecule has 21 heavy (non-hydrogen) atoms. The molecule has 0 radical (unpaired) electrons. The molecule has 0 N–H and O–H groups in total. The first-order chi connectivity index (χ1) is 10.3. The Hall–Kier alpha value is -2.41. The maximum atomic E-state index is 12.6. The second kappa shape index (κ2) is 6.36. The number of hydrogen-bond donors (Lipinski definition) is 0. The van der Waals surface area contributed by atoms with Crippen LogP contribution in [-0.4, -0.2) is 5.78 Å².